The molecule has 15 heavy (non-hydrogen) atoms. The lowest BCUT2D eigenvalue weighted by atomic mass is 10.1. The Labute approximate surface area is 103 Å². The van der Waals surface area contributed by atoms with Crippen LogP contribution in [0.5, 0.6) is 0 Å². The van der Waals surface area contributed by atoms with Crippen LogP contribution in [0.2, 0.25) is 10.0 Å². The van der Waals surface area contributed by atoms with E-state index < -0.39 is 5.54 Å². The third kappa shape index (κ3) is 3.92. The second-order valence-electron chi connectivity index (χ2n) is 3.39. The summed E-state index contributed by atoms with van der Waals surface area (Å²) in [6.07, 6.45) is 0. The molecule has 0 aromatic heterocycles. The molecule has 1 aromatic carbocycles. The molecule has 1 unspecified atom stereocenters. The smallest absolute Gasteiger partial charge is 0.110 e. The van der Waals surface area contributed by atoms with Crippen molar-refractivity contribution in [1.82, 2.24) is 0 Å². The minimum absolute atomic E-state index is 0.511. The summed E-state index contributed by atoms with van der Waals surface area (Å²) in [5, 5.41) is 9.77. The highest BCUT2D eigenvalue weighted by Crippen LogP contribution is 2.29. The Morgan fingerprint density at radius 2 is 2.13 bits per heavy atom. The minimum atomic E-state index is -0.823. The van der Waals surface area contributed by atoms with Crippen LogP contribution in [0.15, 0.2) is 23.1 Å². The molecule has 1 aromatic rings. The van der Waals surface area contributed by atoms with Crippen molar-refractivity contribution in [2.24, 2.45) is 5.73 Å². The first-order valence-electron chi connectivity index (χ1n) is 4.22. The molecule has 0 amide bonds. The van der Waals surface area contributed by atoms with Gasteiger partial charge in [-0.1, -0.05) is 23.2 Å². The van der Waals surface area contributed by atoms with Crippen LogP contribution < -0.4 is 5.73 Å². The van der Waals surface area contributed by atoms with Crippen molar-refractivity contribution in [3.63, 3.8) is 0 Å². The van der Waals surface area contributed by atoms with Gasteiger partial charge < -0.3 is 5.73 Å². The van der Waals surface area contributed by atoms with Crippen LogP contribution in [0.25, 0.3) is 0 Å². The lowest BCUT2D eigenvalue weighted by molar-refractivity contribution is 0.682. The molecule has 0 aliphatic rings. The van der Waals surface area contributed by atoms with Crippen LogP contribution in [0, 0.1) is 11.3 Å². The van der Waals surface area contributed by atoms with Crippen LogP contribution in [0.3, 0.4) is 0 Å². The number of nitriles is 1. The van der Waals surface area contributed by atoms with Gasteiger partial charge in [0.25, 0.3) is 0 Å². The number of hydrogen-bond acceptors (Lipinski definition) is 3. The monoisotopic (exact) mass is 260 g/mol. The lowest BCUT2D eigenvalue weighted by Crippen LogP contribution is -2.36. The Morgan fingerprint density at radius 3 is 2.67 bits per heavy atom. The third-order valence-corrected chi connectivity index (χ3v) is 3.76. The van der Waals surface area contributed by atoms with E-state index in [1.807, 2.05) is 12.1 Å². The van der Waals surface area contributed by atoms with Gasteiger partial charge in [-0.15, -0.1) is 11.8 Å². The Balaban J connectivity index is 2.67. The SMILES string of the molecule is CC(N)(C#N)CSc1ccc(Cl)c(Cl)c1. The van der Waals surface area contributed by atoms with Crippen LogP contribution in [-0.4, -0.2) is 11.3 Å². The molecule has 0 aliphatic heterocycles. The molecule has 0 saturated heterocycles. The van der Waals surface area contributed by atoms with E-state index in [1.54, 1.807) is 19.1 Å². The van der Waals surface area contributed by atoms with Gasteiger partial charge in [-0.25, -0.2) is 0 Å². The number of hydrogen-bond donors (Lipinski definition) is 1. The summed E-state index contributed by atoms with van der Waals surface area (Å²) >= 11 is 13.1. The molecule has 80 valence electrons. The predicted molar refractivity (Wildman–Crippen MR) is 65.4 cm³/mol. The first-order valence-corrected chi connectivity index (χ1v) is 5.97. The van der Waals surface area contributed by atoms with Gasteiger partial charge in [0.15, 0.2) is 0 Å². The molecular weight excluding hydrogens is 251 g/mol. The number of halogens is 2. The fourth-order valence-corrected chi connectivity index (χ4v) is 2.09. The van der Waals surface area contributed by atoms with Gasteiger partial charge in [0.1, 0.15) is 5.54 Å². The Morgan fingerprint density at radius 1 is 1.47 bits per heavy atom. The normalized spacial score (nSPS) is 14.3. The summed E-state index contributed by atoms with van der Waals surface area (Å²) in [6, 6.07) is 7.38. The first-order chi connectivity index (χ1) is 6.94. The second kappa shape index (κ2) is 5.09. The minimum Gasteiger partial charge on any atom is -0.313 e. The standard InChI is InChI=1S/C10H10Cl2N2S/c1-10(14,5-13)6-15-7-2-3-8(11)9(12)4-7/h2-4H,6,14H2,1H3. The summed E-state index contributed by atoms with van der Waals surface area (Å²) in [4.78, 5) is 0.955. The average molecular weight is 261 g/mol. The maximum absolute atomic E-state index is 8.74. The van der Waals surface area contributed by atoms with Gasteiger partial charge in [-0.05, 0) is 25.1 Å². The van der Waals surface area contributed by atoms with Gasteiger partial charge in [0, 0.05) is 10.6 Å². The molecular formula is C10H10Cl2N2S. The molecule has 0 heterocycles. The molecule has 1 rings (SSSR count). The largest absolute Gasteiger partial charge is 0.313 e. The van der Waals surface area contributed by atoms with E-state index in [9.17, 15) is 0 Å². The van der Waals surface area contributed by atoms with Gasteiger partial charge in [0.05, 0.1) is 16.1 Å². The number of nitrogens with zero attached hydrogens (tertiary/aromatic N) is 1. The summed E-state index contributed by atoms with van der Waals surface area (Å²) in [6.45, 7) is 1.69. The van der Waals surface area contributed by atoms with E-state index >= 15 is 0 Å². The van der Waals surface area contributed by atoms with E-state index in [1.165, 1.54) is 11.8 Å². The average Bonchev–Trinajstić information content (AvgIpc) is 2.20. The molecule has 0 bridgehead atoms. The zero-order valence-electron chi connectivity index (χ0n) is 8.13. The molecule has 1 atom stereocenters. The maximum Gasteiger partial charge on any atom is 0.110 e. The summed E-state index contributed by atoms with van der Waals surface area (Å²) in [5.41, 5.74) is 4.87. The van der Waals surface area contributed by atoms with E-state index in [2.05, 4.69) is 0 Å². The fourth-order valence-electron chi connectivity index (χ4n) is 0.832. The summed E-state index contributed by atoms with van der Waals surface area (Å²) in [5.74, 6) is 0.515. The van der Waals surface area contributed by atoms with Crippen molar-refractivity contribution in [3.05, 3.63) is 28.2 Å². The number of rotatable bonds is 3. The highest BCUT2D eigenvalue weighted by molar-refractivity contribution is 7.99. The fraction of sp³-hybridized carbons (Fsp3) is 0.300. The zero-order chi connectivity index (χ0) is 11.5. The maximum atomic E-state index is 8.74. The van der Waals surface area contributed by atoms with Gasteiger partial charge >= 0.3 is 0 Å². The van der Waals surface area contributed by atoms with Crippen molar-refractivity contribution >= 4 is 35.0 Å². The summed E-state index contributed by atoms with van der Waals surface area (Å²) in [7, 11) is 0. The highest BCUT2D eigenvalue weighted by Gasteiger charge is 2.17. The quantitative estimate of drug-likeness (QED) is 0.849. The van der Waals surface area contributed by atoms with Crippen LogP contribution >= 0.6 is 35.0 Å². The molecule has 0 fully saturated rings. The van der Waals surface area contributed by atoms with Gasteiger partial charge in [-0.2, -0.15) is 5.26 Å². The molecule has 0 saturated carbocycles. The van der Waals surface area contributed by atoms with E-state index in [-0.39, 0.29) is 0 Å². The molecule has 0 aliphatic carbocycles. The molecule has 0 radical (unpaired) electrons. The lowest BCUT2D eigenvalue weighted by Gasteiger charge is -2.14. The topological polar surface area (TPSA) is 49.8 Å². The van der Waals surface area contributed by atoms with Crippen molar-refractivity contribution in [1.29, 1.82) is 5.26 Å². The molecule has 5 heteroatoms. The van der Waals surface area contributed by atoms with Crippen molar-refractivity contribution in [2.75, 3.05) is 5.75 Å². The molecule has 0 spiro atoms. The Hall–Kier alpha value is -0.400. The van der Waals surface area contributed by atoms with Crippen molar-refractivity contribution < 1.29 is 0 Å². The van der Waals surface area contributed by atoms with E-state index in [4.69, 9.17) is 34.2 Å². The Kier molecular flexibility index (Phi) is 4.30. The summed E-state index contributed by atoms with van der Waals surface area (Å²) < 4.78 is 0. The first kappa shape index (κ1) is 12.7. The van der Waals surface area contributed by atoms with Crippen LogP contribution in [-0.2, 0) is 0 Å². The van der Waals surface area contributed by atoms with Gasteiger partial charge in [0.2, 0.25) is 0 Å². The van der Waals surface area contributed by atoms with Crippen LogP contribution in [0.1, 0.15) is 6.92 Å². The van der Waals surface area contributed by atoms with E-state index in [0.29, 0.717) is 15.8 Å². The third-order valence-electron chi connectivity index (χ3n) is 1.69. The molecule has 2 nitrogen and oxygen atoms in total. The molecule has 2 N–H and O–H groups in total. The van der Waals surface area contributed by atoms with Crippen molar-refractivity contribution in [2.45, 2.75) is 17.4 Å². The van der Waals surface area contributed by atoms with Gasteiger partial charge in [-0.3, -0.25) is 0 Å². The predicted octanol–water partition coefficient (Wildman–Crippen LogP) is 3.33. The number of benzene rings is 1. The van der Waals surface area contributed by atoms with Crippen LogP contribution in [0.4, 0.5) is 0 Å². The number of nitrogens with two attached hydrogens (primary N) is 1. The van der Waals surface area contributed by atoms with Crippen molar-refractivity contribution in [3.8, 4) is 6.07 Å². The second-order valence-corrected chi connectivity index (χ2v) is 5.26. The van der Waals surface area contributed by atoms with E-state index in [0.717, 1.165) is 4.90 Å². The highest BCUT2D eigenvalue weighted by atomic mass is 35.5. The number of thioether (sulfide) groups is 1. The zero-order valence-corrected chi connectivity index (χ0v) is 10.5. The Bertz CT molecular complexity index is 399.